The SMILES string of the molecule is C=CC(=S)N=C/C=C\CC. The zero-order valence-corrected chi connectivity index (χ0v) is 6.90. The zero-order chi connectivity index (χ0) is 7.82. The number of allylic oxidation sites excluding steroid dienone is 2. The summed E-state index contributed by atoms with van der Waals surface area (Å²) in [6.07, 6.45) is 8.12. The van der Waals surface area contributed by atoms with Gasteiger partial charge in [0.1, 0.15) is 4.99 Å². The molecule has 0 saturated heterocycles. The highest BCUT2D eigenvalue weighted by Gasteiger charge is 1.75. The van der Waals surface area contributed by atoms with E-state index in [1.54, 1.807) is 12.3 Å². The van der Waals surface area contributed by atoms with Crippen LogP contribution in [0.25, 0.3) is 0 Å². The van der Waals surface area contributed by atoms with Gasteiger partial charge in [-0.15, -0.1) is 0 Å². The van der Waals surface area contributed by atoms with Crippen molar-refractivity contribution in [3.8, 4) is 0 Å². The summed E-state index contributed by atoms with van der Waals surface area (Å²) in [4.78, 5) is 4.41. The third-order valence-corrected chi connectivity index (χ3v) is 1.11. The highest BCUT2D eigenvalue weighted by Crippen LogP contribution is 1.81. The normalized spacial score (nSPS) is 10.9. The van der Waals surface area contributed by atoms with Crippen molar-refractivity contribution in [3.05, 3.63) is 24.8 Å². The Kier molecular flexibility index (Phi) is 5.88. The smallest absolute Gasteiger partial charge is 0.125 e. The fraction of sp³-hybridized carbons (Fsp3) is 0.250. The van der Waals surface area contributed by atoms with Crippen LogP contribution in [0.5, 0.6) is 0 Å². The van der Waals surface area contributed by atoms with Crippen molar-refractivity contribution in [3.63, 3.8) is 0 Å². The van der Waals surface area contributed by atoms with Crippen LogP contribution in [0.15, 0.2) is 29.8 Å². The monoisotopic (exact) mass is 153 g/mol. The van der Waals surface area contributed by atoms with E-state index < -0.39 is 0 Å². The molecule has 54 valence electrons. The van der Waals surface area contributed by atoms with E-state index in [0.717, 1.165) is 6.42 Å². The summed E-state index contributed by atoms with van der Waals surface area (Å²) in [6.45, 7) is 5.55. The number of aliphatic imine (C=N–C) groups is 1. The predicted octanol–water partition coefficient (Wildman–Crippen LogP) is 2.54. The zero-order valence-electron chi connectivity index (χ0n) is 6.08. The van der Waals surface area contributed by atoms with Gasteiger partial charge in [-0.1, -0.05) is 31.8 Å². The summed E-state index contributed by atoms with van der Waals surface area (Å²) >= 11 is 4.75. The molecule has 0 aliphatic carbocycles. The first-order valence-corrected chi connectivity index (χ1v) is 3.57. The Morgan fingerprint density at radius 3 is 2.90 bits per heavy atom. The topological polar surface area (TPSA) is 12.4 Å². The van der Waals surface area contributed by atoms with Crippen LogP contribution in [0.3, 0.4) is 0 Å². The number of rotatable bonds is 3. The minimum atomic E-state index is 0.528. The molecule has 0 spiro atoms. The molecule has 0 aromatic heterocycles. The van der Waals surface area contributed by atoms with Crippen LogP contribution >= 0.6 is 12.2 Å². The van der Waals surface area contributed by atoms with Gasteiger partial charge in [-0.05, 0) is 18.6 Å². The molecule has 0 atom stereocenters. The van der Waals surface area contributed by atoms with Gasteiger partial charge in [-0.25, -0.2) is 4.99 Å². The highest BCUT2D eigenvalue weighted by molar-refractivity contribution is 7.80. The minimum absolute atomic E-state index is 0.528. The number of nitrogens with zero attached hydrogens (tertiary/aromatic N) is 1. The molecule has 0 aromatic rings. The van der Waals surface area contributed by atoms with Gasteiger partial charge in [-0.3, -0.25) is 0 Å². The first kappa shape index (κ1) is 9.24. The van der Waals surface area contributed by atoms with Gasteiger partial charge >= 0.3 is 0 Å². The maximum absolute atomic E-state index is 4.75. The average molecular weight is 153 g/mol. The Labute approximate surface area is 67.2 Å². The maximum atomic E-state index is 4.75. The second-order valence-electron chi connectivity index (χ2n) is 1.66. The van der Waals surface area contributed by atoms with E-state index in [4.69, 9.17) is 12.2 Å². The lowest BCUT2D eigenvalue weighted by Gasteiger charge is -1.80. The van der Waals surface area contributed by atoms with Gasteiger partial charge < -0.3 is 0 Å². The molecular formula is C8H11NS. The molecule has 0 saturated carbocycles. The Balaban J connectivity index is 3.65. The largest absolute Gasteiger partial charge is 0.245 e. The van der Waals surface area contributed by atoms with E-state index in [0.29, 0.717) is 4.99 Å². The molecular weight excluding hydrogens is 142 g/mol. The molecule has 0 bridgehead atoms. The van der Waals surface area contributed by atoms with Crippen LogP contribution in [-0.4, -0.2) is 11.2 Å². The van der Waals surface area contributed by atoms with Crippen molar-refractivity contribution in [2.24, 2.45) is 4.99 Å². The molecule has 0 aliphatic heterocycles. The van der Waals surface area contributed by atoms with Crippen molar-refractivity contribution < 1.29 is 0 Å². The second-order valence-corrected chi connectivity index (χ2v) is 2.08. The van der Waals surface area contributed by atoms with Gasteiger partial charge in [0.15, 0.2) is 0 Å². The van der Waals surface area contributed by atoms with Crippen LogP contribution < -0.4 is 0 Å². The Morgan fingerprint density at radius 2 is 2.40 bits per heavy atom. The molecule has 2 heteroatoms. The average Bonchev–Trinajstić information content (AvgIpc) is 1.98. The first-order chi connectivity index (χ1) is 4.81. The van der Waals surface area contributed by atoms with E-state index >= 15 is 0 Å². The molecule has 0 aromatic carbocycles. The van der Waals surface area contributed by atoms with Crippen molar-refractivity contribution in [1.29, 1.82) is 0 Å². The maximum Gasteiger partial charge on any atom is 0.125 e. The first-order valence-electron chi connectivity index (χ1n) is 3.16. The van der Waals surface area contributed by atoms with Gasteiger partial charge in [-0.2, -0.15) is 0 Å². The fourth-order valence-electron chi connectivity index (χ4n) is 0.366. The fourth-order valence-corrected chi connectivity index (χ4v) is 0.427. The number of thiocarbonyl (C=S) groups is 1. The molecule has 0 amide bonds. The lowest BCUT2D eigenvalue weighted by atomic mass is 10.4. The lowest BCUT2D eigenvalue weighted by Crippen LogP contribution is -1.79. The Hall–Kier alpha value is -0.760. The third-order valence-electron chi connectivity index (χ3n) is 0.834. The van der Waals surface area contributed by atoms with E-state index in [9.17, 15) is 0 Å². The van der Waals surface area contributed by atoms with E-state index in [1.165, 1.54) is 0 Å². The molecule has 0 fully saturated rings. The van der Waals surface area contributed by atoms with Gasteiger partial charge in [0, 0.05) is 6.21 Å². The van der Waals surface area contributed by atoms with Crippen molar-refractivity contribution in [1.82, 2.24) is 0 Å². The lowest BCUT2D eigenvalue weighted by molar-refractivity contribution is 1.23. The Bertz CT molecular complexity index is 168. The van der Waals surface area contributed by atoms with E-state index in [2.05, 4.69) is 18.5 Å². The molecule has 0 N–H and O–H groups in total. The molecule has 1 nitrogen and oxygen atoms in total. The summed E-state index contributed by atoms with van der Waals surface area (Å²) in [5, 5.41) is 0. The van der Waals surface area contributed by atoms with E-state index in [-0.39, 0.29) is 0 Å². The Morgan fingerprint density at radius 1 is 1.70 bits per heavy atom. The quantitative estimate of drug-likeness (QED) is 0.345. The third kappa shape index (κ3) is 5.38. The van der Waals surface area contributed by atoms with Crippen LogP contribution in [0.4, 0.5) is 0 Å². The van der Waals surface area contributed by atoms with Crippen molar-refractivity contribution in [2.45, 2.75) is 13.3 Å². The van der Waals surface area contributed by atoms with Crippen LogP contribution in [0, 0.1) is 0 Å². The summed E-state index contributed by atoms with van der Waals surface area (Å²) in [5.74, 6) is 0. The molecule has 10 heavy (non-hydrogen) atoms. The molecule has 0 unspecified atom stereocenters. The minimum Gasteiger partial charge on any atom is -0.245 e. The summed E-state index contributed by atoms with van der Waals surface area (Å²) < 4.78 is 0. The summed E-state index contributed by atoms with van der Waals surface area (Å²) in [5.41, 5.74) is 0. The molecule has 0 rings (SSSR count). The summed E-state index contributed by atoms with van der Waals surface area (Å²) in [7, 11) is 0. The second kappa shape index (κ2) is 6.36. The van der Waals surface area contributed by atoms with Crippen molar-refractivity contribution in [2.75, 3.05) is 0 Å². The highest BCUT2D eigenvalue weighted by atomic mass is 32.1. The standard InChI is InChI=1S/C8H11NS/c1-3-5-6-7-9-8(10)4-2/h4-7H,2-3H2,1H3/b6-5-,9-7?. The van der Waals surface area contributed by atoms with E-state index in [1.807, 2.05) is 12.2 Å². The predicted molar refractivity (Wildman–Crippen MR) is 50.7 cm³/mol. The van der Waals surface area contributed by atoms with Crippen LogP contribution in [-0.2, 0) is 0 Å². The van der Waals surface area contributed by atoms with Crippen molar-refractivity contribution >= 4 is 23.4 Å². The number of hydrogen-bond acceptors (Lipinski definition) is 1. The van der Waals surface area contributed by atoms with Crippen LogP contribution in [0.2, 0.25) is 0 Å². The number of hydrogen-bond donors (Lipinski definition) is 0. The molecule has 0 radical (unpaired) electrons. The van der Waals surface area contributed by atoms with Gasteiger partial charge in [0.2, 0.25) is 0 Å². The van der Waals surface area contributed by atoms with Crippen LogP contribution in [0.1, 0.15) is 13.3 Å². The molecule has 0 aliphatic rings. The molecule has 0 heterocycles. The summed E-state index contributed by atoms with van der Waals surface area (Å²) in [6, 6.07) is 0. The van der Waals surface area contributed by atoms with Gasteiger partial charge in [0.25, 0.3) is 0 Å². The van der Waals surface area contributed by atoms with Gasteiger partial charge in [0.05, 0.1) is 0 Å².